The van der Waals surface area contributed by atoms with Crippen molar-refractivity contribution in [1.82, 2.24) is 0 Å². The van der Waals surface area contributed by atoms with Crippen molar-refractivity contribution < 1.29 is 32.7 Å². The van der Waals surface area contributed by atoms with Crippen LogP contribution in [0.25, 0.3) is 0 Å². The predicted molar refractivity (Wildman–Crippen MR) is 107 cm³/mol. The largest absolute Gasteiger partial charge is 0.462 e. The molecule has 0 aliphatic heterocycles. The number of rotatable bonds is 8. The van der Waals surface area contributed by atoms with E-state index in [4.69, 9.17) is 14.5 Å². The summed E-state index contributed by atoms with van der Waals surface area (Å²) >= 11 is 4.48. The number of thioether (sulfide) groups is 1. The normalized spacial score (nSPS) is 12.1. The molecule has 0 bridgehead atoms. The molecule has 0 unspecified atom stereocenters. The van der Waals surface area contributed by atoms with Gasteiger partial charge in [-0.2, -0.15) is 20.5 Å². The Morgan fingerprint density at radius 3 is 2.39 bits per heavy atom. The summed E-state index contributed by atoms with van der Waals surface area (Å²) in [5, 5.41) is 0. The first kappa shape index (κ1) is 23.0. The minimum absolute atomic E-state index is 0.0665. The zero-order valence-corrected chi connectivity index (χ0v) is 18.1. The van der Waals surface area contributed by atoms with Gasteiger partial charge in [0.15, 0.2) is 0 Å². The average Bonchev–Trinajstić information content (AvgIpc) is 2.61. The van der Waals surface area contributed by atoms with Gasteiger partial charge >= 0.3 is 19.2 Å². The number of ether oxygens (including phenoxy) is 1. The van der Waals surface area contributed by atoms with Crippen molar-refractivity contribution in [3.63, 3.8) is 0 Å². The second kappa shape index (κ2) is 9.50. The molecule has 0 heterocycles. The average molecular weight is 495 g/mol. The summed E-state index contributed by atoms with van der Waals surface area (Å²) in [5.41, 5.74) is -2.92. The van der Waals surface area contributed by atoms with Gasteiger partial charge < -0.3 is 14.5 Å². The lowest BCUT2D eigenvalue weighted by molar-refractivity contribution is 0.0526. The molecular formula is C18H18BrF2O5PS. The third-order valence-corrected chi connectivity index (χ3v) is 6.40. The second-order valence-corrected chi connectivity index (χ2v) is 9.30. The summed E-state index contributed by atoms with van der Waals surface area (Å²) < 4.78 is 43.6. The third-order valence-electron chi connectivity index (χ3n) is 3.70. The lowest BCUT2D eigenvalue weighted by Gasteiger charge is -2.19. The fourth-order valence-corrected chi connectivity index (χ4v) is 4.61. The van der Waals surface area contributed by atoms with Gasteiger partial charge in [0.2, 0.25) is 0 Å². The number of benzene rings is 2. The molecule has 0 radical (unpaired) electrons. The van der Waals surface area contributed by atoms with Gasteiger partial charge in [0.05, 0.1) is 12.2 Å². The van der Waals surface area contributed by atoms with Crippen LogP contribution in [0.2, 0.25) is 0 Å². The smallest absolute Gasteiger partial charge is 0.399 e. The molecule has 2 aromatic carbocycles. The van der Waals surface area contributed by atoms with Gasteiger partial charge in [0, 0.05) is 21.5 Å². The van der Waals surface area contributed by atoms with Crippen LogP contribution in [0.5, 0.6) is 0 Å². The second-order valence-electron chi connectivity index (χ2n) is 5.81. The number of halogens is 3. The van der Waals surface area contributed by atoms with Crippen molar-refractivity contribution in [2.24, 2.45) is 0 Å². The number of alkyl halides is 2. The van der Waals surface area contributed by atoms with Gasteiger partial charge in [-0.15, -0.1) is 0 Å². The summed E-state index contributed by atoms with van der Waals surface area (Å²) in [6.07, 6.45) is 0. The van der Waals surface area contributed by atoms with Crippen molar-refractivity contribution >= 4 is 41.3 Å². The first-order valence-electron chi connectivity index (χ1n) is 8.12. The molecule has 0 saturated carbocycles. The Balaban J connectivity index is 2.03. The van der Waals surface area contributed by atoms with Crippen LogP contribution in [0.3, 0.4) is 0 Å². The standard InChI is InChI=1S/C18H18BrF2O5PS/c1-2-26-17(22)14-5-3-4-12(8-14)10-28-11-13-6-7-15(16(19)9-13)18(20,21)27(23,24)25/h3-9H,2,10-11H2,1H3,(H2,23,24,25). The molecule has 152 valence electrons. The van der Waals surface area contributed by atoms with E-state index in [9.17, 15) is 18.1 Å². The highest BCUT2D eigenvalue weighted by molar-refractivity contribution is 9.10. The maximum Gasteiger partial charge on any atom is 0.399 e. The molecule has 28 heavy (non-hydrogen) atoms. The molecule has 2 rings (SSSR count). The fourth-order valence-electron chi connectivity index (χ4n) is 2.34. The van der Waals surface area contributed by atoms with Gasteiger partial charge in [-0.25, -0.2) is 4.79 Å². The van der Waals surface area contributed by atoms with Gasteiger partial charge in [-0.1, -0.05) is 40.2 Å². The molecule has 10 heteroatoms. The first-order chi connectivity index (χ1) is 13.1. The quantitative estimate of drug-likeness (QED) is 0.383. The van der Waals surface area contributed by atoms with E-state index in [1.165, 1.54) is 23.9 Å². The van der Waals surface area contributed by atoms with Gasteiger partial charge in [-0.3, -0.25) is 4.57 Å². The van der Waals surface area contributed by atoms with E-state index in [0.717, 1.165) is 11.6 Å². The van der Waals surface area contributed by atoms with Crippen molar-refractivity contribution in [1.29, 1.82) is 0 Å². The number of hydrogen-bond acceptors (Lipinski definition) is 4. The van der Waals surface area contributed by atoms with Gasteiger partial charge in [0.1, 0.15) is 0 Å². The van der Waals surface area contributed by atoms with Crippen LogP contribution in [0.4, 0.5) is 8.78 Å². The first-order valence-corrected chi connectivity index (χ1v) is 11.7. The molecule has 0 amide bonds. The van der Waals surface area contributed by atoms with Crippen molar-refractivity contribution in [2.75, 3.05) is 6.61 Å². The Bertz CT molecular complexity index is 903. The Kier molecular flexibility index (Phi) is 7.81. The molecule has 5 nitrogen and oxygen atoms in total. The van der Waals surface area contributed by atoms with E-state index >= 15 is 0 Å². The summed E-state index contributed by atoms with van der Waals surface area (Å²) in [7, 11) is -5.62. The molecule has 2 N–H and O–H groups in total. The maximum absolute atomic E-state index is 13.9. The van der Waals surface area contributed by atoms with E-state index in [2.05, 4.69) is 15.9 Å². The molecule has 0 atom stereocenters. The van der Waals surface area contributed by atoms with E-state index in [0.29, 0.717) is 29.2 Å². The van der Waals surface area contributed by atoms with Crippen LogP contribution < -0.4 is 0 Å². The molecule has 0 spiro atoms. The fraction of sp³-hybridized carbons (Fsp3) is 0.278. The van der Waals surface area contributed by atoms with Crippen molar-refractivity contribution in [3.8, 4) is 0 Å². The Morgan fingerprint density at radius 2 is 1.82 bits per heavy atom. The summed E-state index contributed by atoms with van der Waals surface area (Å²) in [6.45, 7) is 2.03. The van der Waals surface area contributed by atoms with Crippen LogP contribution in [-0.4, -0.2) is 22.4 Å². The molecule has 0 saturated heterocycles. The number of carbonyl (C=O) groups excluding carboxylic acids is 1. The molecule has 0 aliphatic rings. The monoisotopic (exact) mass is 494 g/mol. The maximum atomic E-state index is 13.9. The van der Waals surface area contributed by atoms with Crippen LogP contribution in [0.15, 0.2) is 46.9 Å². The number of carbonyl (C=O) groups is 1. The Labute approximate surface area is 173 Å². The highest BCUT2D eigenvalue weighted by Gasteiger charge is 2.51. The van der Waals surface area contributed by atoms with Crippen LogP contribution in [0, 0.1) is 0 Å². The Morgan fingerprint density at radius 1 is 1.18 bits per heavy atom. The SMILES string of the molecule is CCOC(=O)c1cccc(CSCc2ccc(C(F)(F)P(=O)(O)O)c(Br)c2)c1. The highest BCUT2D eigenvalue weighted by Crippen LogP contribution is 2.60. The highest BCUT2D eigenvalue weighted by atomic mass is 79.9. The van der Waals surface area contributed by atoms with Crippen LogP contribution in [-0.2, 0) is 26.5 Å². The summed E-state index contributed by atoms with van der Waals surface area (Å²) in [6, 6.07) is 10.9. The molecular weight excluding hydrogens is 477 g/mol. The molecule has 0 fully saturated rings. The van der Waals surface area contributed by atoms with Crippen LogP contribution >= 0.6 is 35.3 Å². The molecule has 0 aliphatic carbocycles. The van der Waals surface area contributed by atoms with Gasteiger partial charge in [-0.05, 0) is 36.2 Å². The topological polar surface area (TPSA) is 83.8 Å². The minimum Gasteiger partial charge on any atom is -0.462 e. The summed E-state index contributed by atoms with van der Waals surface area (Å²) in [4.78, 5) is 29.5. The third kappa shape index (κ3) is 5.64. The van der Waals surface area contributed by atoms with E-state index in [-0.39, 0.29) is 10.4 Å². The number of hydrogen-bond donors (Lipinski definition) is 2. The lowest BCUT2D eigenvalue weighted by atomic mass is 10.1. The van der Waals surface area contributed by atoms with E-state index in [1.54, 1.807) is 25.1 Å². The van der Waals surface area contributed by atoms with Crippen LogP contribution in [0.1, 0.15) is 34.0 Å². The summed E-state index contributed by atoms with van der Waals surface area (Å²) in [5.74, 6) is 0.690. The molecule has 2 aromatic rings. The zero-order chi connectivity index (χ0) is 20.9. The van der Waals surface area contributed by atoms with Crippen molar-refractivity contribution in [2.45, 2.75) is 24.1 Å². The number of esters is 1. The Hall–Kier alpha value is -1.25. The zero-order valence-electron chi connectivity index (χ0n) is 14.8. The van der Waals surface area contributed by atoms with E-state index in [1.807, 2.05) is 6.07 Å². The molecule has 0 aromatic heterocycles. The lowest BCUT2D eigenvalue weighted by Crippen LogP contribution is -2.14. The van der Waals surface area contributed by atoms with Crippen molar-refractivity contribution in [3.05, 3.63) is 69.2 Å². The minimum atomic E-state index is -5.62. The van der Waals surface area contributed by atoms with Gasteiger partial charge in [0.25, 0.3) is 0 Å². The van der Waals surface area contributed by atoms with E-state index < -0.39 is 18.8 Å². The predicted octanol–water partition coefficient (Wildman–Crippen LogP) is 5.29.